The zero-order valence-corrected chi connectivity index (χ0v) is 8.51. The predicted molar refractivity (Wildman–Crippen MR) is 53.5 cm³/mol. The Bertz CT molecular complexity index is 194. The maximum atomic E-state index is 11.5. The lowest BCUT2D eigenvalue weighted by atomic mass is 9.93. The Morgan fingerprint density at radius 2 is 2.00 bits per heavy atom. The van der Waals surface area contributed by atoms with Crippen molar-refractivity contribution in [2.24, 2.45) is 5.92 Å². The highest BCUT2D eigenvalue weighted by Crippen LogP contribution is 2.11. The Balaban J connectivity index is 4.14. The zero-order valence-electron chi connectivity index (χ0n) is 8.51. The van der Waals surface area contributed by atoms with Gasteiger partial charge in [0.05, 0.1) is 5.92 Å². The molecule has 0 aromatic carbocycles. The summed E-state index contributed by atoms with van der Waals surface area (Å²) in [5.74, 6) is -0.512. The fourth-order valence-corrected chi connectivity index (χ4v) is 1.26. The predicted octanol–water partition coefficient (Wildman–Crippen LogP) is 2.53. The van der Waals surface area contributed by atoms with Crippen molar-refractivity contribution in [2.45, 2.75) is 39.5 Å². The molecule has 0 aromatic rings. The lowest BCUT2D eigenvalue weighted by Crippen LogP contribution is -2.21. The fourth-order valence-electron chi connectivity index (χ4n) is 1.26. The summed E-state index contributed by atoms with van der Waals surface area (Å²) < 4.78 is 0. The fraction of sp³-hybridized carbons (Fsp3) is 0.636. The van der Waals surface area contributed by atoms with E-state index in [-0.39, 0.29) is 11.6 Å². The van der Waals surface area contributed by atoms with Gasteiger partial charge in [0, 0.05) is 6.42 Å². The zero-order chi connectivity index (χ0) is 10.3. The molecule has 13 heavy (non-hydrogen) atoms. The van der Waals surface area contributed by atoms with Crippen molar-refractivity contribution in [1.82, 2.24) is 0 Å². The van der Waals surface area contributed by atoms with Crippen LogP contribution in [0.4, 0.5) is 0 Å². The Hall–Kier alpha value is -0.920. The molecule has 1 atom stereocenters. The van der Waals surface area contributed by atoms with E-state index in [9.17, 15) is 9.59 Å². The second kappa shape index (κ2) is 6.58. The molecule has 0 unspecified atom stereocenters. The van der Waals surface area contributed by atoms with Crippen LogP contribution >= 0.6 is 0 Å². The third-order valence-corrected chi connectivity index (χ3v) is 2.12. The van der Waals surface area contributed by atoms with E-state index in [4.69, 9.17) is 0 Å². The number of rotatable bonds is 7. The molecule has 0 amide bonds. The largest absolute Gasteiger partial charge is 0.299 e. The highest BCUT2D eigenvalue weighted by molar-refractivity contribution is 6.07. The number of Topliss-reactive ketones (excluding diaryl/α,β-unsaturated/α-hetero) is 1. The first-order valence-corrected chi connectivity index (χ1v) is 4.86. The van der Waals surface area contributed by atoms with Crippen molar-refractivity contribution in [1.29, 1.82) is 0 Å². The number of carbonyl (C=O) groups is 2. The van der Waals surface area contributed by atoms with Crippen LogP contribution in [0.15, 0.2) is 12.7 Å². The van der Waals surface area contributed by atoms with Crippen LogP contribution in [0.25, 0.3) is 0 Å². The molecule has 0 spiro atoms. The van der Waals surface area contributed by atoms with Crippen LogP contribution < -0.4 is 0 Å². The van der Waals surface area contributed by atoms with Crippen molar-refractivity contribution in [3.8, 4) is 0 Å². The molecule has 74 valence electrons. The van der Waals surface area contributed by atoms with Gasteiger partial charge in [0.15, 0.2) is 5.78 Å². The van der Waals surface area contributed by atoms with Gasteiger partial charge in [0.2, 0.25) is 0 Å². The van der Waals surface area contributed by atoms with Crippen LogP contribution in [0, 0.1) is 5.92 Å². The van der Waals surface area contributed by atoms with Gasteiger partial charge in [0.25, 0.3) is 0 Å². The average molecular weight is 182 g/mol. The standard InChI is InChI=1S/C11H18O2/c1-4-7-8-11(13)9(5-2)10(12)6-3/h6,9H,3-5,7-8H2,1-2H3/t9-/m0/s1. The topological polar surface area (TPSA) is 34.1 Å². The molecule has 0 aliphatic carbocycles. The molecule has 0 radical (unpaired) electrons. The summed E-state index contributed by atoms with van der Waals surface area (Å²) >= 11 is 0. The van der Waals surface area contributed by atoms with Crippen LogP contribution in [0.5, 0.6) is 0 Å². The molecule has 0 saturated carbocycles. The minimum atomic E-state index is -0.441. The minimum Gasteiger partial charge on any atom is -0.299 e. The molecule has 2 nitrogen and oxygen atoms in total. The van der Waals surface area contributed by atoms with Crippen LogP contribution in [0.1, 0.15) is 39.5 Å². The van der Waals surface area contributed by atoms with E-state index in [1.54, 1.807) is 0 Å². The lowest BCUT2D eigenvalue weighted by Gasteiger charge is -2.09. The summed E-state index contributed by atoms with van der Waals surface area (Å²) in [6.45, 7) is 7.28. The number of ketones is 2. The number of allylic oxidation sites excluding steroid dienone is 1. The monoisotopic (exact) mass is 182 g/mol. The quantitative estimate of drug-likeness (QED) is 0.448. The van der Waals surface area contributed by atoms with Crippen molar-refractivity contribution >= 4 is 11.6 Å². The van der Waals surface area contributed by atoms with Gasteiger partial charge in [-0.15, -0.1) is 0 Å². The summed E-state index contributed by atoms with van der Waals surface area (Å²) in [5.41, 5.74) is 0. The van der Waals surface area contributed by atoms with E-state index in [1.807, 2.05) is 13.8 Å². The molecular weight excluding hydrogens is 164 g/mol. The molecular formula is C11H18O2. The van der Waals surface area contributed by atoms with Crippen molar-refractivity contribution < 1.29 is 9.59 Å². The third-order valence-electron chi connectivity index (χ3n) is 2.12. The van der Waals surface area contributed by atoms with Crippen LogP contribution in [-0.4, -0.2) is 11.6 Å². The van der Waals surface area contributed by atoms with Crippen LogP contribution in [-0.2, 0) is 9.59 Å². The molecule has 0 heterocycles. The summed E-state index contributed by atoms with van der Waals surface area (Å²) in [4.78, 5) is 22.7. The summed E-state index contributed by atoms with van der Waals surface area (Å²) in [5, 5.41) is 0. The molecule has 0 bridgehead atoms. The van der Waals surface area contributed by atoms with Gasteiger partial charge in [-0.25, -0.2) is 0 Å². The van der Waals surface area contributed by atoms with Gasteiger partial charge in [-0.2, -0.15) is 0 Å². The van der Waals surface area contributed by atoms with E-state index in [1.165, 1.54) is 6.08 Å². The molecule has 0 fully saturated rings. The maximum absolute atomic E-state index is 11.5. The molecule has 0 aliphatic rings. The van der Waals surface area contributed by atoms with Crippen LogP contribution in [0.3, 0.4) is 0 Å². The normalized spacial score (nSPS) is 12.2. The van der Waals surface area contributed by atoms with E-state index in [0.29, 0.717) is 12.8 Å². The summed E-state index contributed by atoms with van der Waals surface area (Å²) in [7, 11) is 0. The Morgan fingerprint density at radius 1 is 1.38 bits per heavy atom. The number of carbonyl (C=O) groups excluding carboxylic acids is 2. The Kier molecular flexibility index (Phi) is 6.11. The van der Waals surface area contributed by atoms with Gasteiger partial charge >= 0.3 is 0 Å². The number of hydrogen-bond donors (Lipinski definition) is 0. The summed E-state index contributed by atoms with van der Waals surface area (Å²) in [6, 6.07) is 0. The van der Waals surface area contributed by atoms with Gasteiger partial charge < -0.3 is 0 Å². The summed E-state index contributed by atoms with van der Waals surface area (Å²) in [6.07, 6.45) is 4.23. The smallest absolute Gasteiger partial charge is 0.165 e. The van der Waals surface area contributed by atoms with E-state index in [0.717, 1.165) is 12.8 Å². The third kappa shape index (κ3) is 4.02. The van der Waals surface area contributed by atoms with Crippen molar-refractivity contribution in [2.75, 3.05) is 0 Å². The molecule has 0 aromatic heterocycles. The van der Waals surface area contributed by atoms with E-state index in [2.05, 4.69) is 6.58 Å². The molecule has 2 heteroatoms. The first-order chi connectivity index (χ1) is 6.17. The van der Waals surface area contributed by atoms with Crippen LogP contribution in [0.2, 0.25) is 0 Å². The first kappa shape index (κ1) is 12.1. The SMILES string of the molecule is C=CC(=O)[C@H](CC)C(=O)CCCC. The average Bonchev–Trinajstić information content (AvgIpc) is 2.15. The Morgan fingerprint density at radius 3 is 2.38 bits per heavy atom. The second-order valence-electron chi connectivity index (χ2n) is 3.14. The molecule has 0 N–H and O–H groups in total. The van der Waals surface area contributed by atoms with Gasteiger partial charge in [-0.05, 0) is 18.9 Å². The first-order valence-electron chi connectivity index (χ1n) is 4.86. The van der Waals surface area contributed by atoms with Gasteiger partial charge in [0.1, 0.15) is 5.78 Å². The van der Waals surface area contributed by atoms with E-state index < -0.39 is 5.92 Å². The highest BCUT2D eigenvalue weighted by Gasteiger charge is 2.20. The van der Waals surface area contributed by atoms with Gasteiger partial charge in [-0.3, -0.25) is 9.59 Å². The number of hydrogen-bond acceptors (Lipinski definition) is 2. The molecule has 0 rings (SSSR count). The minimum absolute atomic E-state index is 0.0641. The van der Waals surface area contributed by atoms with Gasteiger partial charge in [-0.1, -0.05) is 26.8 Å². The van der Waals surface area contributed by atoms with E-state index >= 15 is 0 Å². The lowest BCUT2D eigenvalue weighted by molar-refractivity contribution is -0.130. The maximum Gasteiger partial charge on any atom is 0.165 e. The Labute approximate surface area is 80.0 Å². The highest BCUT2D eigenvalue weighted by atomic mass is 16.1. The number of unbranched alkanes of at least 4 members (excludes halogenated alkanes) is 1. The molecule has 0 aliphatic heterocycles. The molecule has 0 saturated heterocycles. The second-order valence-corrected chi connectivity index (χ2v) is 3.14. The van der Waals surface area contributed by atoms with Crippen molar-refractivity contribution in [3.05, 3.63) is 12.7 Å². The van der Waals surface area contributed by atoms with Crippen molar-refractivity contribution in [3.63, 3.8) is 0 Å².